The lowest BCUT2D eigenvalue weighted by atomic mass is 10.1. The van der Waals surface area contributed by atoms with E-state index in [1.54, 1.807) is 0 Å². The Morgan fingerprint density at radius 1 is 1.50 bits per heavy atom. The van der Waals surface area contributed by atoms with Gasteiger partial charge in [0, 0.05) is 17.4 Å². The van der Waals surface area contributed by atoms with Crippen molar-refractivity contribution in [3.8, 4) is 0 Å². The maximum atomic E-state index is 13.1. The van der Waals surface area contributed by atoms with Crippen LogP contribution in [0.3, 0.4) is 0 Å². The van der Waals surface area contributed by atoms with E-state index in [1.165, 1.54) is 12.1 Å². The van der Waals surface area contributed by atoms with Gasteiger partial charge in [0.05, 0.1) is 0 Å². The van der Waals surface area contributed by atoms with Crippen LogP contribution in [0.5, 0.6) is 0 Å². The van der Waals surface area contributed by atoms with Crippen molar-refractivity contribution in [1.29, 1.82) is 0 Å². The first-order chi connectivity index (χ1) is 6.49. The van der Waals surface area contributed by atoms with Gasteiger partial charge in [0.15, 0.2) is 0 Å². The van der Waals surface area contributed by atoms with Crippen LogP contribution in [0, 0.1) is 5.82 Å². The van der Waals surface area contributed by atoms with Crippen molar-refractivity contribution >= 4 is 5.69 Å². The Labute approximate surface area is 83.6 Å². The Hall–Kier alpha value is -1.35. The zero-order chi connectivity index (χ0) is 10.7. The van der Waals surface area contributed by atoms with Crippen LogP contribution in [0.15, 0.2) is 30.5 Å². The minimum Gasteiger partial charge on any atom is -0.360 e. The van der Waals surface area contributed by atoms with Crippen LogP contribution < -0.4 is 11.1 Å². The molecule has 3 N–H and O–H groups in total. The van der Waals surface area contributed by atoms with Crippen LogP contribution in [0.2, 0.25) is 0 Å². The highest BCUT2D eigenvalue weighted by Crippen LogP contribution is 2.19. The average molecular weight is 194 g/mol. The summed E-state index contributed by atoms with van der Waals surface area (Å²) in [6, 6.07) is 4.51. The summed E-state index contributed by atoms with van der Waals surface area (Å²) in [6.07, 6.45) is 0. The van der Waals surface area contributed by atoms with Gasteiger partial charge in [-0.3, -0.25) is 0 Å². The van der Waals surface area contributed by atoms with Gasteiger partial charge in [-0.25, -0.2) is 4.39 Å². The van der Waals surface area contributed by atoms with Crippen molar-refractivity contribution in [3.63, 3.8) is 0 Å². The maximum Gasteiger partial charge on any atom is 0.125 e. The third kappa shape index (κ3) is 2.85. The summed E-state index contributed by atoms with van der Waals surface area (Å²) < 4.78 is 13.1. The van der Waals surface area contributed by atoms with Gasteiger partial charge in [0.25, 0.3) is 0 Å². The number of nitrogens with one attached hydrogen (secondary N) is 1. The number of allylic oxidation sites excluding steroid dienone is 1. The Balaban J connectivity index is 3.01. The molecule has 1 rings (SSSR count). The lowest BCUT2D eigenvalue weighted by molar-refractivity contribution is 0.623. The van der Waals surface area contributed by atoms with E-state index in [1.807, 2.05) is 19.9 Å². The highest BCUT2D eigenvalue weighted by atomic mass is 19.1. The van der Waals surface area contributed by atoms with Gasteiger partial charge in [0.2, 0.25) is 0 Å². The summed E-state index contributed by atoms with van der Waals surface area (Å²) in [7, 11) is 0. The van der Waals surface area contributed by atoms with E-state index in [2.05, 4.69) is 11.9 Å². The molecule has 0 aliphatic rings. The topological polar surface area (TPSA) is 38.0 Å². The molecule has 14 heavy (non-hydrogen) atoms. The summed E-state index contributed by atoms with van der Waals surface area (Å²) in [5.74, 6) is -0.288. The molecule has 1 aromatic carbocycles. The van der Waals surface area contributed by atoms with Crippen LogP contribution in [-0.2, 0) is 0 Å². The zero-order valence-corrected chi connectivity index (χ0v) is 8.47. The average Bonchev–Trinajstić information content (AvgIpc) is 2.01. The molecule has 0 aromatic heterocycles. The molecular weight excluding hydrogens is 179 g/mol. The predicted octanol–water partition coefficient (Wildman–Crippen LogP) is 2.79. The quantitative estimate of drug-likeness (QED) is 0.776. The molecule has 0 spiro atoms. The molecule has 0 bridgehead atoms. The van der Waals surface area contributed by atoms with Gasteiger partial charge in [-0.05, 0) is 37.6 Å². The first-order valence-corrected chi connectivity index (χ1v) is 4.47. The molecule has 76 valence electrons. The molecule has 3 heteroatoms. The van der Waals surface area contributed by atoms with Gasteiger partial charge >= 0.3 is 0 Å². The summed E-state index contributed by atoms with van der Waals surface area (Å²) in [5.41, 5.74) is 7.89. The van der Waals surface area contributed by atoms with E-state index in [0.717, 1.165) is 11.3 Å². The second-order valence-electron chi connectivity index (χ2n) is 3.47. The van der Waals surface area contributed by atoms with Crippen LogP contribution in [0.25, 0.3) is 0 Å². The molecule has 0 fully saturated rings. The number of anilines is 1. The van der Waals surface area contributed by atoms with Crippen molar-refractivity contribution in [2.75, 3.05) is 5.32 Å². The van der Waals surface area contributed by atoms with E-state index in [9.17, 15) is 4.39 Å². The molecule has 0 aliphatic carbocycles. The molecule has 0 unspecified atom stereocenters. The fraction of sp³-hybridized carbons (Fsp3) is 0.273. The lowest BCUT2D eigenvalue weighted by Crippen LogP contribution is -2.06. The summed E-state index contributed by atoms with van der Waals surface area (Å²) >= 11 is 0. The van der Waals surface area contributed by atoms with Crippen molar-refractivity contribution < 1.29 is 4.39 Å². The van der Waals surface area contributed by atoms with Crippen LogP contribution in [0.4, 0.5) is 10.1 Å². The molecule has 0 aliphatic heterocycles. The number of hydrogen-bond donors (Lipinski definition) is 2. The van der Waals surface area contributed by atoms with E-state index < -0.39 is 0 Å². The summed E-state index contributed by atoms with van der Waals surface area (Å²) in [6.45, 7) is 7.32. The van der Waals surface area contributed by atoms with Crippen LogP contribution >= 0.6 is 0 Å². The van der Waals surface area contributed by atoms with Gasteiger partial charge in [-0.2, -0.15) is 0 Å². The maximum absolute atomic E-state index is 13.1. The van der Waals surface area contributed by atoms with Gasteiger partial charge in [-0.1, -0.05) is 6.58 Å². The molecule has 1 atom stereocenters. The van der Waals surface area contributed by atoms with Crippen molar-refractivity contribution in [2.45, 2.75) is 19.9 Å². The Morgan fingerprint density at radius 3 is 2.64 bits per heavy atom. The molecular formula is C11H15FN2. The number of halogens is 1. The van der Waals surface area contributed by atoms with Crippen molar-refractivity contribution in [1.82, 2.24) is 0 Å². The lowest BCUT2D eigenvalue weighted by Gasteiger charge is -2.10. The van der Waals surface area contributed by atoms with E-state index in [0.29, 0.717) is 5.69 Å². The Kier molecular flexibility index (Phi) is 3.25. The van der Waals surface area contributed by atoms with E-state index >= 15 is 0 Å². The van der Waals surface area contributed by atoms with E-state index in [4.69, 9.17) is 5.73 Å². The highest BCUT2D eigenvalue weighted by Gasteiger charge is 2.04. The molecule has 0 amide bonds. The monoisotopic (exact) mass is 194 g/mol. The number of hydrogen-bond acceptors (Lipinski definition) is 2. The Morgan fingerprint density at radius 2 is 2.14 bits per heavy atom. The molecule has 1 aromatic rings. The normalized spacial score (nSPS) is 12.3. The van der Waals surface area contributed by atoms with Crippen molar-refractivity contribution in [2.24, 2.45) is 5.73 Å². The number of nitrogens with two attached hydrogens (primary N) is 1. The Bertz CT molecular complexity index is 345. The minimum absolute atomic E-state index is 0.170. The molecule has 0 saturated heterocycles. The second-order valence-corrected chi connectivity index (χ2v) is 3.47. The van der Waals surface area contributed by atoms with E-state index in [-0.39, 0.29) is 11.9 Å². The summed E-state index contributed by atoms with van der Waals surface area (Å²) in [4.78, 5) is 0. The summed E-state index contributed by atoms with van der Waals surface area (Å²) in [5, 5.41) is 2.95. The standard InChI is InChI=1S/C11H15FN2/c1-7(2)14-11-5-9(8(3)13)4-10(12)6-11/h4-6,8,14H,1,13H2,2-3H3/t8-/m1/s1. The first-order valence-electron chi connectivity index (χ1n) is 4.47. The number of benzene rings is 1. The largest absolute Gasteiger partial charge is 0.360 e. The molecule has 2 nitrogen and oxygen atoms in total. The molecule has 0 heterocycles. The third-order valence-corrected chi connectivity index (χ3v) is 1.80. The van der Waals surface area contributed by atoms with Gasteiger partial charge in [-0.15, -0.1) is 0 Å². The fourth-order valence-corrected chi connectivity index (χ4v) is 1.19. The second kappa shape index (κ2) is 4.24. The first kappa shape index (κ1) is 10.7. The van der Waals surface area contributed by atoms with Gasteiger partial charge < -0.3 is 11.1 Å². The van der Waals surface area contributed by atoms with Crippen LogP contribution in [0.1, 0.15) is 25.5 Å². The molecule has 0 saturated carbocycles. The fourth-order valence-electron chi connectivity index (χ4n) is 1.19. The number of rotatable bonds is 3. The van der Waals surface area contributed by atoms with Crippen molar-refractivity contribution in [3.05, 3.63) is 41.9 Å². The third-order valence-electron chi connectivity index (χ3n) is 1.80. The predicted molar refractivity (Wildman–Crippen MR) is 57.4 cm³/mol. The molecule has 0 radical (unpaired) electrons. The zero-order valence-electron chi connectivity index (χ0n) is 8.47. The van der Waals surface area contributed by atoms with Crippen LogP contribution in [-0.4, -0.2) is 0 Å². The SMILES string of the molecule is C=C(C)Nc1cc(F)cc([C@@H](C)N)c1. The minimum atomic E-state index is -0.288. The van der Waals surface area contributed by atoms with Gasteiger partial charge in [0.1, 0.15) is 5.82 Å². The smallest absolute Gasteiger partial charge is 0.125 e. The highest BCUT2D eigenvalue weighted by molar-refractivity contribution is 5.50.